The van der Waals surface area contributed by atoms with Gasteiger partial charge in [0.15, 0.2) is 5.92 Å². The number of rotatable bonds is 8. The highest BCUT2D eigenvalue weighted by Gasteiger charge is 2.31. The third-order valence-corrected chi connectivity index (χ3v) is 3.69. The first-order valence-electron chi connectivity index (χ1n) is 7.74. The average molecular weight is 346 g/mol. The molecule has 4 nitrogen and oxygen atoms in total. The third kappa shape index (κ3) is 6.22. The molecule has 1 aromatic carbocycles. The van der Waals surface area contributed by atoms with Crippen LogP contribution in [-0.4, -0.2) is 23.1 Å². The lowest BCUT2D eigenvalue weighted by atomic mass is 9.98. The van der Waals surface area contributed by atoms with Gasteiger partial charge in [-0.1, -0.05) is 25.1 Å². The molecule has 0 bridgehead atoms. The van der Waals surface area contributed by atoms with Crippen LogP contribution in [0, 0.1) is 5.92 Å². The minimum atomic E-state index is -4.42. The number of halogens is 3. The molecular formula is C17H21F3O4. The van der Waals surface area contributed by atoms with Gasteiger partial charge >= 0.3 is 18.1 Å². The molecule has 134 valence electrons. The smallest absolute Gasteiger partial charge is 0.416 e. The number of alkyl halides is 3. The van der Waals surface area contributed by atoms with Crippen molar-refractivity contribution in [1.82, 2.24) is 0 Å². The third-order valence-electron chi connectivity index (χ3n) is 3.69. The molecular weight excluding hydrogens is 325 g/mol. The Morgan fingerprint density at radius 3 is 2.50 bits per heavy atom. The second-order valence-electron chi connectivity index (χ2n) is 5.64. The van der Waals surface area contributed by atoms with E-state index in [9.17, 15) is 22.8 Å². The summed E-state index contributed by atoms with van der Waals surface area (Å²) in [7, 11) is 0. The molecule has 0 aromatic heterocycles. The Balaban J connectivity index is 2.63. The summed E-state index contributed by atoms with van der Waals surface area (Å²) in [6, 6.07) is 4.87. The van der Waals surface area contributed by atoms with E-state index < -0.39 is 29.6 Å². The van der Waals surface area contributed by atoms with Crippen LogP contribution >= 0.6 is 0 Å². The largest absolute Gasteiger partial charge is 0.481 e. The molecule has 0 saturated heterocycles. The maximum Gasteiger partial charge on any atom is 0.416 e. The molecule has 0 saturated carbocycles. The van der Waals surface area contributed by atoms with E-state index in [1.54, 1.807) is 19.9 Å². The maximum absolute atomic E-state index is 12.6. The van der Waals surface area contributed by atoms with Crippen LogP contribution in [0.2, 0.25) is 0 Å². The number of esters is 1. The summed E-state index contributed by atoms with van der Waals surface area (Å²) >= 11 is 0. The molecule has 24 heavy (non-hydrogen) atoms. The standard InChI is InChI=1S/C17H21F3O4/c1-3-11(2)24-16(23)14(15(21)22)9-5-7-12-6-4-8-13(10-12)17(18,19)20/h4,6,8,10-11,14H,3,5,7,9H2,1-2H3,(H,21,22). The molecule has 0 spiro atoms. The Morgan fingerprint density at radius 2 is 1.96 bits per heavy atom. The van der Waals surface area contributed by atoms with Gasteiger partial charge in [0.2, 0.25) is 0 Å². The molecule has 0 radical (unpaired) electrons. The van der Waals surface area contributed by atoms with Crippen molar-refractivity contribution in [2.45, 2.75) is 51.8 Å². The van der Waals surface area contributed by atoms with Gasteiger partial charge in [-0.2, -0.15) is 13.2 Å². The van der Waals surface area contributed by atoms with Gasteiger partial charge in [-0.05, 0) is 44.2 Å². The van der Waals surface area contributed by atoms with Gasteiger partial charge in [-0.15, -0.1) is 0 Å². The van der Waals surface area contributed by atoms with Gasteiger partial charge in [0.05, 0.1) is 11.7 Å². The zero-order valence-electron chi connectivity index (χ0n) is 13.6. The topological polar surface area (TPSA) is 63.6 Å². The second-order valence-corrected chi connectivity index (χ2v) is 5.64. The fourth-order valence-corrected chi connectivity index (χ4v) is 2.12. The van der Waals surface area contributed by atoms with E-state index in [-0.39, 0.29) is 25.4 Å². The van der Waals surface area contributed by atoms with Crippen LogP contribution in [0.25, 0.3) is 0 Å². The van der Waals surface area contributed by atoms with E-state index in [1.807, 2.05) is 0 Å². The fraction of sp³-hybridized carbons (Fsp3) is 0.529. The molecule has 0 heterocycles. The minimum Gasteiger partial charge on any atom is -0.481 e. The number of ether oxygens (including phenoxy) is 1. The number of hydrogen-bond donors (Lipinski definition) is 1. The molecule has 1 rings (SSSR count). The predicted octanol–water partition coefficient (Wildman–Crippen LogP) is 4.07. The minimum absolute atomic E-state index is 0.0147. The van der Waals surface area contributed by atoms with Crippen molar-refractivity contribution in [1.29, 1.82) is 0 Å². The lowest BCUT2D eigenvalue weighted by Crippen LogP contribution is -2.28. The van der Waals surface area contributed by atoms with Gasteiger partial charge in [-0.25, -0.2) is 0 Å². The Kier molecular flexibility index (Phi) is 7.25. The maximum atomic E-state index is 12.6. The lowest BCUT2D eigenvalue weighted by molar-refractivity contribution is -0.162. The Morgan fingerprint density at radius 1 is 1.29 bits per heavy atom. The molecule has 0 amide bonds. The van der Waals surface area contributed by atoms with Crippen LogP contribution in [0.1, 0.15) is 44.2 Å². The normalized spacial score (nSPS) is 14.0. The van der Waals surface area contributed by atoms with E-state index in [1.165, 1.54) is 6.07 Å². The molecule has 0 aliphatic heterocycles. The van der Waals surface area contributed by atoms with Crippen molar-refractivity contribution in [2.24, 2.45) is 5.92 Å². The molecule has 2 unspecified atom stereocenters. The number of aryl methyl sites for hydroxylation is 1. The van der Waals surface area contributed by atoms with Crippen LogP contribution in [0.3, 0.4) is 0 Å². The summed E-state index contributed by atoms with van der Waals surface area (Å²) in [5, 5.41) is 9.13. The summed E-state index contributed by atoms with van der Waals surface area (Å²) in [5.74, 6) is -3.39. The zero-order chi connectivity index (χ0) is 18.3. The van der Waals surface area contributed by atoms with Crippen LogP contribution in [0.4, 0.5) is 13.2 Å². The van der Waals surface area contributed by atoms with Crippen LogP contribution < -0.4 is 0 Å². The molecule has 0 fully saturated rings. The van der Waals surface area contributed by atoms with Crippen molar-refractivity contribution < 1.29 is 32.6 Å². The summed E-state index contributed by atoms with van der Waals surface area (Å²) < 4.78 is 43.0. The molecule has 2 atom stereocenters. The number of carboxylic acid groups (broad SMARTS) is 1. The molecule has 1 N–H and O–H groups in total. The zero-order valence-corrected chi connectivity index (χ0v) is 13.6. The van der Waals surface area contributed by atoms with Gasteiger partial charge < -0.3 is 9.84 Å². The van der Waals surface area contributed by atoms with E-state index >= 15 is 0 Å². The summed E-state index contributed by atoms with van der Waals surface area (Å²) in [4.78, 5) is 23.0. The number of carbonyl (C=O) groups is 2. The van der Waals surface area contributed by atoms with E-state index in [2.05, 4.69) is 0 Å². The highest BCUT2D eigenvalue weighted by molar-refractivity contribution is 5.93. The van der Waals surface area contributed by atoms with Crippen molar-refractivity contribution in [3.05, 3.63) is 35.4 Å². The number of hydrogen-bond acceptors (Lipinski definition) is 3. The quantitative estimate of drug-likeness (QED) is 0.569. The Labute approximate surface area is 138 Å². The number of benzene rings is 1. The Bertz CT molecular complexity index is 569. The van der Waals surface area contributed by atoms with Crippen molar-refractivity contribution in [3.8, 4) is 0 Å². The number of aliphatic carboxylic acids is 1. The first kappa shape index (κ1) is 20.0. The highest BCUT2D eigenvalue weighted by atomic mass is 19.4. The summed E-state index contributed by atoms with van der Waals surface area (Å²) in [6.45, 7) is 3.47. The monoisotopic (exact) mass is 346 g/mol. The molecule has 1 aromatic rings. The Hall–Kier alpha value is -2.05. The highest BCUT2D eigenvalue weighted by Crippen LogP contribution is 2.29. The molecule has 7 heteroatoms. The van der Waals surface area contributed by atoms with Crippen LogP contribution in [0.15, 0.2) is 24.3 Å². The number of carboxylic acids is 1. The van der Waals surface area contributed by atoms with Gasteiger partial charge in [-0.3, -0.25) is 9.59 Å². The molecule has 0 aliphatic carbocycles. The first-order valence-corrected chi connectivity index (χ1v) is 7.74. The van der Waals surface area contributed by atoms with Crippen LogP contribution in [-0.2, 0) is 26.9 Å². The average Bonchev–Trinajstić information content (AvgIpc) is 2.50. The van der Waals surface area contributed by atoms with Gasteiger partial charge in [0, 0.05) is 0 Å². The van der Waals surface area contributed by atoms with Crippen molar-refractivity contribution in [3.63, 3.8) is 0 Å². The molecule has 0 aliphatic rings. The van der Waals surface area contributed by atoms with E-state index in [4.69, 9.17) is 9.84 Å². The van der Waals surface area contributed by atoms with Gasteiger partial charge in [0.25, 0.3) is 0 Å². The van der Waals surface area contributed by atoms with E-state index in [0.717, 1.165) is 12.1 Å². The summed E-state index contributed by atoms with van der Waals surface area (Å²) in [6.07, 6.45) is -3.68. The van der Waals surface area contributed by atoms with E-state index in [0.29, 0.717) is 12.0 Å². The van der Waals surface area contributed by atoms with Gasteiger partial charge in [0.1, 0.15) is 0 Å². The van der Waals surface area contributed by atoms with Crippen LogP contribution in [0.5, 0.6) is 0 Å². The first-order chi connectivity index (χ1) is 11.1. The second kappa shape index (κ2) is 8.70. The fourth-order valence-electron chi connectivity index (χ4n) is 2.12. The summed E-state index contributed by atoms with van der Waals surface area (Å²) in [5.41, 5.74) is -0.296. The lowest BCUT2D eigenvalue weighted by Gasteiger charge is -2.16. The van der Waals surface area contributed by atoms with Crippen molar-refractivity contribution in [2.75, 3.05) is 0 Å². The predicted molar refractivity (Wildman–Crippen MR) is 81.4 cm³/mol. The SMILES string of the molecule is CCC(C)OC(=O)C(CCCc1cccc(C(F)(F)F)c1)C(=O)O. The number of carbonyl (C=O) groups excluding carboxylic acids is 1. The van der Waals surface area contributed by atoms with Crippen molar-refractivity contribution >= 4 is 11.9 Å².